The predicted molar refractivity (Wildman–Crippen MR) is 98.8 cm³/mol. The SMILES string of the molecule is CC1Cc2cc(C(O)CN3CCOCC3)ccc2N1C(=O)C(C)(C)C. The van der Waals surface area contributed by atoms with E-state index in [-0.39, 0.29) is 11.9 Å². The molecule has 0 bridgehead atoms. The van der Waals surface area contributed by atoms with Crippen LogP contribution in [0.3, 0.4) is 0 Å². The molecule has 25 heavy (non-hydrogen) atoms. The van der Waals surface area contributed by atoms with Crippen molar-refractivity contribution in [2.75, 3.05) is 37.7 Å². The molecule has 2 heterocycles. The van der Waals surface area contributed by atoms with Gasteiger partial charge in [-0.05, 0) is 30.5 Å². The number of rotatable bonds is 3. The van der Waals surface area contributed by atoms with Gasteiger partial charge in [0.05, 0.1) is 19.3 Å². The summed E-state index contributed by atoms with van der Waals surface area (Å²) in [5.74, 6) is 0.153. The van der Waals surface area contributed by atoms with Crippen LogP contribution in [-0.2, 0) is 16.0 Å². The third-order valence-corrected chi connectivity index (χ3v) is 5.10. The molecule has 0 saturated carbocycles. The number of β-amino-alcohol motifs (C(OH)–C–C–N with tert-alkyl or cyclic N) is 1. The van der Waals surface area contributed by atoms with Gasteiger partial charge in [-0.3, -0.25) is 9.69 Å². The number of aliphatic hydroxyl groups is 1. The molecule has 1 N–H and O–H groups in total. The molecule has 0 aliphatic carbocycles. The van der Waals surface area contributed by atoms with Crippen LogP contribution in [-0.4, -0.2) is 54.8 Å². The summed E-state index contributed by atoms with van der Waals surface area (Å²) in [6.45, 7) is 11.8. The van der Waals surface area contributed by atoms with E-state index in [9.17, 15) is 9.90 Å². The summed E-state index contributed by atoms with van der Waals surface area (Å²) in [4.78, 5) is 16.9. The van der Waals surface area contributed by atoms with Gasteiger partial charge in [-0.15, -0.1) is 0 Å². The maximum Gasteiger partial charge on any atom is 0.232 e. The van der Waals surface area contributed by atoms with Gasteiger partial charge in [0, 0.05) is 36.8 Å². The number of nitrogens with zero attached hydrogens (tertiary/aromatic N) is 2. The number of morpholine rings is 1. The van der Waals surface area contributed by atoms with Gasteiger partial charge in [0.15, 0.2) is 0 Å². The Labute approximate surface area is 150 Å². The smallest absolute Gasteiger partial charge is 0.232 e. The summed E-state index contributed by atoms with van der Waals surface area (Å²) in [5, 5.41) is 10.6. The fourth-order valence-corrected chi connectivity index (χ4v) is 3.66. The van der Waals surface area contributed by atoms with E-state index in [1.807, 2.05) is 37.8 Å². The molecule has 1 aromatic rings. The van der Waals surface area contributed by atoms with Crippen molar-refractivity contribution >= 4 is 11.6 Å². The molecule has 5 heteroatoms. The van der Waals surface area contributed by atoms with Crippen molar-refractivity contribution < 1.29 is 14.6 Å². The first-order valence-electron chi connectivity index (χ1n) is 9.22. The molecule has 1 aromatic carbocycles. The van der Waals surface area contributed by atoms with E-state index < -0.39 is 11.5 Å². The maximum atomic E-state index is 12.8. The number of fused-ring (bicyclic) bond motifs is 1. The zero-order chi connectivity index (χ0) is 18.2. The molecular formula is C20H30N2O3. The number of hydrogen-bond donors (Lipinski definition) is 1. The summed E-state index contributed by atoms with van der Waals surface area (Å²) in [7, 11) is 0. The van der Waals surface area contributed by atoms with E-state index in [2.05, 4.69) is 17.9 Å². The second-order valence-corrected chi connectivity index (χ2v) is 8.30. The van der Waals surface area contributed by atoms with Crippen LogP contribution in [0.25, 0.3) is 0 Å². The predicted octanol–water partition coefficient (Wildman–Crippen LogP) is 2.38. The molecule has 1 saturated heterocycles. The summed E-state index contributed by atoms with van der Waals surface area (Å²) < 4.78 is 5.36. The largest absolute Gasteiger partial charge is 0.387 e. The first kappa shape index (κ1) is 18.4. The van der Waals surface area contributed by atoms with Crippen LogP contribution in [0.5, 0.6) is 0 Å². The van der Waals surface area contributed by atoms with Crippen LogP contribution in [0.1, 0.15) is 44.9 Å². The summed E-state index contributed by atoms with van der Waals surface area (Å²) in [5.41, 5.74) is 2.69. The number of carbonyl (C=O) groups excluding carboxylic acids is 1. The van der Waals surface area contributed by atoms with Crippen molar-refractivity contribution in [2.24, 2.45) is 5.41 Å². The van der Waals surface area contributed by atoms with Crippen LogP contribution in [0.4, 0.5) is 5.69 Å². The van der Waals surface area contributed by atoms with Crippen LogP contribution in [0, 0.1) is 5.41 Å². The van der Waals surface area contributed by atoms with Crippen LogP contribution in [0.15, 0.2) is 18.2 Å². The van der Waals surface area contributed by atoms with Gasteiger partial charge in [-0.1, -0.05) is 32.9 Å². The highest BCUT2D eigenvalue weighted by atomic mass is 16.5. The lowest BCUT2D eigenvalue weighted by atomic mass is 9.94. The Morgan fingerprint density at radius 1 is 1.32 bits per heavy atom. The lowest BCUT2D eigenvalue weighted by molar-refractivity contribution is -0.126. The highest BCUT2D eigenvalue weighted by molar-refractivity contribution is 5.99. The number of benzene rings is 1. The number of amides is 1. The fraction of sp³-hybridized carbons (Fsp3) is 0.650. The molecule has 3 rings (SSSR count). The Kier molecular flexibility index (Phi) is 5.19. The molecule has 0 aromatic heterocycles. The number of ether oxygens (including phenoxy) is 1. The molecule has 0 radical (unpaired) electrons. The minimum absolute atomic E-state index is 0.153. The van der Waals surface area contributed by atoms with Crippen molar-refractivity contribution in [1.29, 1.82) is 0 Å². The minimum atomic E-state index is -0.508. The van der Waals surface area contributed by atoms with Gasteiger partial charge in [-0.25, -0.2) is 0 Å². The first-order valence-corrected chi connectivity index (χ1v) is 9.22. The van der Waals surface area contributed by atoms with Gasteiger partial charge in [-0.2, -0.15) is 0 Å². The molecule has 1 amide bonds. The van der Waals surface area contributed by atoms with Crippen molar-refractivity contribution in [2.45, 2.75) is 46.3 Å². The third-order valence-electron chi connectivity index (χ3n) is 5.10. The minimum Gasteiger partial charge on any atom is -0.387 e. The highest BCUT2D eigenvalue weighted by Gasteiger charge is 2.36. The van der Waals surface area contributed by atoms with Gasteiger partial charge in [0.1, 0.15) is 0 Å². The van der Waals surface area contributed by atoms with Gasteiger partial charge < -0.3 is 14.7 Å². The Balaban J connectivity index is 1.76. The molecule has 0 spiro atoms. The number of aliphatic hydroxyl groups excluding tert-OH is 1. The summed E-state index contributed by atoms with van der Waals surface area (Å²) >= 11 is 0. The average molecular weight is 346 g/mol. The second kappa shape index (κ2) is 7.06. The number of anilines is 1. The lowest BCUT2D eigenvalue weighted by Gasteiger charge is -2.30. The van der Waals surface area contributed by atoms with E-state index in [1.165, 1.54) is 0 Å². The normalized spacial score (nSPS) is 22.8. The zero-order valence-corrected chi connectivity index (χ0v) is 15.8. The van der Waals surface area contributed by atoms with E-state index in [0.29, 0.717) is 6.54 Å². The molecular weight excluding hydrogens is 316 g/mol. The zero-order valence-electron chi connectivity index (χ0n) is 15.8. The van der Waals surface area contributed by atoms with E-state index in [1.54, 1.807) is 0 Å². The maximum absolute atomic E-state index is 12.8. The Morgan fingerprint density at radius 3 is 2.64 bits per heavy atom. The molecule has 2 aliphatic rings. The van der Waals surface area contributed by atoms with Crippen molar-refractivity contribution in [3.05, 3.63) is 29.3 Å². The van der Waals surface area contributed by atoms with E-state index in [4.69, 9.17) is 4.74 Å². The van der Waals surface area contributed by atoms with Gasteiger partial charge >= 0.3 is 0 Å². The van der Waals surface area contributed by atoms with Crippen LogP contribution >= 0.6 is 0 Å². The lowest BCUT2D eigenvalue weighted by Crippen LogP contribution is -2.42. The Morgan fingerprint density at radius 2 is 2.00 bits per heavy atom. The topological polar surface area (TPSA) is 53.0 Å². The van der Waals surface area contributed by atoms with Crippen molar-refractivity contribution in [3.8, 4) is 0 Å². The molecule has 2 aliphatic heterocycles. The number of carbonyl (C=O) groups is 1. The highest BCUT2D eigenvalue weighted by Crippen LogP contribution is 2.37. The Hall–Kier alpha value is -1.43. The molecule has 1 fully saturated rings. The van der Waals surface area contributed by atoms with Crippen molar-refractivity contribution in [3.63, 3.8) is 0 Å². The van der Waals surface area contributed by atoms with E-state index in [0.717, 1.165) is 49.5 Å². The summed E-state index contributed by atoms with van der Waals surface area (Å²) in [6, 6.07) is 6.20. The number of hydrogen-bond acceptors (Lipinski definition) is 4. The second-order valence-electron chi connectivity index (χ2n) is 8.30. The monoisotopic (exact) mass is 346 g/mol. The Bertz CT molecular complexity index is 632. The van der Waals surface area contributed by atoms with Crippen LogP contribution in [0.2, 0.25) is 0 Å². The summed E-state index contributed by atoms with van der Waals surface area (Å²) in [6.07, 6.45) is 0.334. The fourth-order valence-electron chi connectivity index (χ4n) is 3.66. The van der Waals surface area contributed by atoms with Gasteiger partial charge in [0.25, 0.3) is 0 Å². The van der Waals surface area contributed by atoms with Crippen molar-refractivity contribution in [1.82, 2.24) is 4.90 Å². The third kappa shape index (κ3) is 3.89. The molecule has 2 unspecified atom stereocenters. The van der Waals surface area contributed by atoms with Crippen LogP contribution < -0.4 is 4.90 Å². The molecule has 5 nitrogen and oxygen atoms in total. The standard InChI is InChI=1S/C20H30N2O3/c1-14-11-16-12-15(18(23)13-21-7-9-25-10-8-21)5-6-17(16)22(14)19(24)20(2,3)4/h5-6,12,14,18,23H,7-11,13H2,1-4H3. The molecule has 2 atom stereocenters. The first-order chi connectivity index (χ1) is 11.8. The quantitative estimate of drug-likeness (QED) is 0.913. The average Bonchev–Trinajstić information content (AvgIpc) is 2.88. The van der Waals surface area contributed by atoms with Gasteiger partial charge in [0.2, 0.25) is 5.91 Å². The van der Waals surface area contributed by atoms with E-state index >= 15 is 0 Å². The molecule has 138 valence electrons.